The van der Waals surface area contributed by atoms with Crippen LogP contribution in [-0.4, -0.2) is 33.2 Å². The first-order valence-corrected chi connectivity index (χ1v) is 8.66. The van der Waals surface area contributed by atoms with Crippen molar-refractivity contribution < 1.29 is 4.52 Å². The molecule has 24 heavy (non-hydrogen) atoms. The highest BCUT2D eigenvalue weighted by Crippen LogP contribution is 2.16. The van der Waals surface area contributed by atoms with Gasteiger partial charge in [0.1, 0.15) is 11.6 Å². The van der Waals surface area contributed by atoms with Gasteiger partial charge in [-0.15, -0.1) is 0 Å². The van der Waals surface area contributed by atoms with Gasteiger partial charge in [-0.2, -0.15) is 0 Å². The molecule has 0 saturated heterocycles. The van der Waals surface area contributed by atoms with Gasteiger partial charge in [-0.1, -0.05) is 23.7 Å². The van der Waals surface area contributed by atoms with Crippen LogP contribution in [0.4, 0.5) is 0 Å². The van der Waals surface area contributed by atoms with Crippen molar-refractivity contribution in [2.75, 3.05) is 13.6 Å². The second-order valence-electron chi connectivity index (χ2n) is 6.53. The molecule has 0 radical (unpaired) electrons. The number of aromatic nitrogens is 3. The molecule has 128 valence electrons. The first-order valence-electron chi connectivity index (χ1n) is 8.66. The fraction of sp³-hybridized carbons (Fsp3) is 0.474. The molecule has 0 amide bonds. The molecule has 5 heteroatoms. The fourth-order valence-corrected chi connectivity index (χ4v) is 3.15. The van der Waals surface area contributed by atoms with Crippen LogP contribution in [-0.2, 0) is 13.1 Å². The lowest BCUT2D eigenvalue weighted by atomic mass is 10.2. The maximum Gasteiger partial charge on any atom is 0.133 e. The number of imidazole rings is 1. The van der Waals surface area contributed by atoms with Gasteiger partial charge in [0.2, 0.25) is 0 Å². The Balaban J connectivity index is 1.41. The Morgan fingerprint density at radius 2 is 1.96 bits per heavy atom. The molecule has 0 N–H and O–H groups in total. The SMILES string of the molecule is Cc1cc(CN(C)CCCCCn2c(C)nc3ccccc32)no1. The third-order valence-corrected chi connectivity index (χ3v) is 4.38. The van der Waals surface area contributed by atoms with Gasteiger partial charge in [-0.25, -0.2) is 4.98 Å². The zero-order valence-corrected chi connectivity index (χ0v) is 14.8. The molecule has 0 aliphatic carbocycles. The molecule has 2 aromatic heterocycles. The number of para-hydroxylation sites is 2. The van der Waals surface area contributed by atoms with E-state index in [1.165, 1.54) is 24.8 Å². The second-order valence-corrected chi connectivity index (χ2v) is 6.53. The van der Waals surface area contributed by atoms with E-state index in [2.05, 4.69) is 51.8 Å². The monoisotopic (exact) mass is 326 g/mol. The molecule has 3 rings (SSSR count). The molecule has 1 aromatic carbocycles. The fourth-order valence-electron chi connectivity index (χ4n) is 3.15. The van der Waals surface area contributed by atoms with Crippen molar-refractivity contribution in [1.82, 2.24) is 19.6 Å². The molecule has 0 aliphatic heterocycles. The third-order valence-electron chi connectivity index (χ3n) is 4.38. The minimum Gasteiger partial charge on any atom is -0.361 e. The van der Waals surface area contributed by atoms with Gasteiger partial charge in [-0.05, 0) is 52.4 Å². The predicted molar refractivity (Wildman–Crippen MR) is 95.9 cm³/mol. The van der Waals surface area contributed by atoms with Crippen LogP contribution in [0.15, 0.2) is 34.9 Å². The Hall–Kier alpha value is -2.14. The Morgan fingerprint density at radius 3 is 2.75 bits per heavy atom. The molecule has 0 fully saturated rings. The van der Waals surface area contributed by atoms with E-state index in [1.807, 2.05) is 19.1 Å². The Morgan fingerprint density at radius 1 is 1.12 bits per heavy atom. The summed E-state index contributed by atoms with van der Waals surface area (Å²) in [5.74, 6) is 1.98. The van der Waals surface area contributed by atoms with E-state index in [9.17, 15) is 0 Å². The number of nitrogens with zero attached hydrogens (tertiary/aromatic N) is 4. The summed E-state index contributed by atoms with van der Waals surface area (Å²) in [4.78, 5) is 6.93. The van der Waals surface area contributed by atoms with Crippen molar-refractivity contribution >= 4 is 11.0 Å². The summed E-state index contributed by atoms with van der Waals surface area (Å²) >= 11 is 0. The van der Waals surface area contributed by atoms with Crippen molar-refractivity contribution in [2.45, 2.75) is 46.2 Å². The van der Waals surface area contributed by atoms with Gasteiger partial charge < -0.3 is 14.0 Å². The Bertz CT molecular complexity index is 790. The van der Waals surface area contributed by atoms with Crippen LogP contribution in [0.2, 0.25) is 0 Å². The highest BCUT2D eigenvalue weighted by molar-refractivity contribution is 5.75. The highest BCUT2D eigenvalue weighted by Gasteiger charge is 2.07. The van der Waals surface area contributed by atoms with Crippen LogP contribution in [0.3, 0.4) is 0 Å². The van der Waals surface area contributed by atoms with E-state index in [1.54, 1.807) is 0 Å². The molecule has 0 unspecified atom stereocenters. The van der Waals surface area contributed by atoms with E-state index >= 15 is 0 Å². The quantitative estimate of drug-likeness (QED) is 0.588. The number of hydrogen-bond acceptors (Lipinski definition) is 4. The van der Waals surface area contributed by atoms with Crippen molar-refractivity contribution in [1.29, 1.82) is 0 Å². The maximum atomic E-state index is 5.11. The molecule has 0 aliphatic rings. The van der Waals surface area contributed by atoms with E-state index in [4.69, 9.17) is 4.52 Å². The van der Waals surface area contributed by atoms with E-state index in [-0.39, 0.29) is 0 Å². The van der Waals surface area contributed by atoms with Gasteiger partial charge >= 0.3 is 0 Å². The van der Waals surface area contributed by atoms with Gasteiger partial charge in [0.25, 0.3) is 0 Å². The van der Waals surface area contributed by atoms with Crippen LogP contribution >= 0.6 is 0 Å². The summed E-state index contributed by atoms with van der Waals surface area (Å²) in [5.41, 5.74) is 3.35. The van der Waals surface area contributed by atoms with Crippen LogP contribution in [0.1, 0.15) is 36.5 Å². The molecule has 0 atom stereocenters. The van der Waals surface area contributed by atoms with Gasteiger partial charge in [-0.3, -0.25) is 0 Å². The summed E-state index contributed by atoms with van der Waals surface area (Å²) in [7, 11) is 2.14. The lowest BCUT2D eigenvalue weighted by molar-refractivity contribution is 0.300. The van der Waals surface area contributed by atoms with Crippen molar-refractivity contribution in [3.63, 3.8) is 0 Å². The molecule has 2 heterocycles. The van der Waals surface area contributed by atoms with Crippen LogP contribution in [0.5, 0.6) is 0 Å². The minimum atomic E-state index is 0.850. The molecular weight excluding hydrogens is 300 g/mol. The highest BCUT2D eigenvalue weighted by atomic mass is 16.5. The topological polar surface area (TPSA) is 47.1 Å². The van der Waals surface area contributed by atoms with Crippen LogP contribution in [0, 0.1) is 13.8 Å². The number of hydrogen-bond donors (Lipinski definition) is 0. The number of rotatable bonds is 8. The maximum absolute atomic E-state index is 5.11. The van der Waals surface area contributed by atoms with Crippen molar-refractivity contribution in [2.24, 2.45) is 0 Å². The van der Waals surface area contributed by atoms with Crippen LogP contribution < -0.4 is 0 Å². The average molecular weight is 326 g/mol. The largest absolute Gasteiger partial charge is 0.361 e. The summed E-state index contributed by atoms with van der Waals surface area (Å²) < 4.78 is 7.44. The van der Waals surface area contributed by atoms with Crippen molar-refractivity contribution in [3.05, 3.63) is 47.6 Å². The Labute approximate surface area is 143 Å². The van der Waals surface area contributed by atoms with Gasteiger partial charge in [0.15, 0.2) is 0 Å². The number of aryl methyl sites for hydroxylation is 3. The average Bonchev–Trinajstić information content (AvgIpc) is 3.10. The minimum absolute atomic E-state index is 0.850. The first kappa shape index (κ1) is 16.7. The number of fused-ring (bicyclic) bond motifs is 1. The van der Waals surface area contributed by atoms with Crippen LogP contribution in [0.25, 0.3) is 11.0 Å². The zero-order valence-electron chi connectivity index (χ0n) is 14.8. The predicted octanol–water partition coefficient (Wildman–Crippen LogP) is 3.94. The summed E-state index contributed by atoms with van der Waals surface area (Å²) in [5, 5.41) is 4.05. The second kappa shape index (κ2) is 7.62. The third kappa shape index (κ3) is 4.03. The lowest BCUT2D eigenvalue weighted by Crippen LogP contribution is -2.19. The lowest BCUT2D eigenvalue weighted by Gasteiger charge is -2.14. The van der Waals surface area contributed by atoms with Gasteiger partial charge in [0, 0.05) is 19.2 Å². The summed E-state index contributed by atoms with van der Waals surface area (Å²) in [6, 6.07) is 10.4. The zero-order chi connectivity index (χ0) is 16.9. The van der Waals surface area contributed by atoms with Gasteiger partial charge in [0.05, 0.1) is 16.7 Å². The standard InChI is InChI=1S/C19H26N4O/c1-15-13-17(21-24-15)14-22(3)11-7-4-8-12-23-16(2)20-18-9-5-6-10-19(18)23/h5-6,9-10,13H,4,7-8,11-12,14H2,1-3H3. The molecule has 3 aromatic rings. The van der Waals surface area contributed by atoms with Crippen molar-refractivity contribution in [3.8, 4) is 0 Å². The first-order chi connectivity index (χ1) is 11.6. The normalized spacial score (nSPS) is 11.7. The summed E-state index contributed by atoms with van der Waals surface area (Å²) in [6.45, 7) is 6.99. The van der Waals surface area contributed by atoms with E-state index in [0.717, 1.165) is 42.4 Å². The molecule has 5 nitrogen and oxygen atoms in total. The van der Waals surface area contributed by atoms with E-state index in [0.29, 0.717) is 0 Å². The molecule has 0 spiro atoms. The number of unbranched alkanes of at least 4 members (excludes halogenated alkanes) is 2. The number of benzene rings is 1. The Kier molecular flexibility index (Phi) is 5.30. The smallest absolute Gasteiger partial charge is 0.133 e. The molecule has 0 bridgehead atoms. The molecule has 0 saturated carbocycles. The summed E-state index contributed by atoms with van der Waals surface area (Å²) in [6.07, 6.45) is 3.59. The van der Waals surface area contributed by atoms with E-state index < -0.39 is 0 Å². The molecular formula is C19H26N4O.